The summed E-state index contributed by atoms with van der Waals surface area (Å²) >= 11 is 8.42. The molecule has 0 radical (unpaired) electrons. The first-order valence-corrected chi connectivity index (χ1v) is 12.6. The average Bonchev–Trinajstić information content (AvgIpc) is 2.79. The van der Waals surface area contributed by atoms with Crippen LogP contribution in [0.25, 0.3) is 0 Å². The summed E-state index contributed by atoms with van der Waals surface area (Å²) in [6.45, 7) is 1.30. The number of carbonyl (C=O) groups excluding carboxylic acids is 1. The lowest BCUT2D eigenvalue weighted by molar-refractivity contribution is -0.114. The maximum atomic E-state index is 13.8. The third-order valence-electron chi connectivity index (χ3n) is 4.73. The Morgan fingerprint density at radius 1 is 1.00 bits per heavy atom. The van der Waals surface area contributed by atoms with Crippen LogP contribution in [0.4, 0.5) is 11.4 Å². The first kappa shape index (κ1) is 25.1. The van der Waals surface area contributed by atoms with Gasteiger partial charge in [-0.2, -0.15) is 0 Å². The van der Waals surface area contributed by atoms with Gasteiger partial charge in [0.2, 0.25) is 5.91 Å². The van der Waals surface area contributed by atoms with E-state index in [9.17, 15) is 13.2 Å². The van der Waals surface area contributed by atoms with Crippen molar-refractivity contribution in [2.75, 3.05) is 30.4 Å². The third-order valence-corrected chi connectivity index (χ3v) is 7.54. The van der Waals surface area contributed by atoms with Crippen LogP contribution in [0.15, 0.2) is 65.6 Å². The summed E-state index contributed by atoms with van der Waals surface area (Å²) in [5.41, 5.74) is 1.49. The molecule has 33 heavy (non-hydrogen) atoms. The second-order valence-corrected chi connectivity index (χ2v) is 10.5. The predicted octanol–water partition coefficient (Wildman–Crippen LogP) is 5.10. The first-order valence-electron chi connectivity index (χ1n) is 9.72. The Morgan fingerprint density at radius 2 is 1.64 bits per heavy atom. The van der Waals surface area contributed by atoms with Crippen molar-refractivity contribution in [3.63, 3.8) is 0 Å². The van der Waals surface area contributed by atoms with Gasteiger partial charge in [0, 0.05) is 9.26 Å². The van der Waals surface area contributed by atoms with E-state index in [0.717, 1.165) is 13.4 Å². The van der Waals surface area contributed by atoms with Gasteiger partial charge in [0.15, 0.2) is 0 Å². The van der Waals surface area contributed by atoms with Crippen LogP contribution in [-0.2, 0) is 14.8 Å². The highest BCUT2D eigenvalue weighted by Crippen LogP contribution is 2.34. The van der Waals surface area contributed by atoms with Gasteiger partial charge < -0.3 is 14.8 Å². The molecule has 7 nitrogen and oxygen atoms in total. The quantitative estimate of drug-likeness (QED) is 0.364. The van der Waals surface area contributed by atoms with E-state index in [1.807, 2.05) is 12.1 Å². The molecule has 0 saturated carbocycles. The van der Waals surface area contributed by atoms with Gasteiger partial charge in [-0.3, -0.25) is 9.10 Å². The lowest BCUT2D eigenvalue weighted by atomic mass is 10.2. The number of hydrogen-bond donors (Lipinski definition) is 1. The fraction of sp³-hybridized carbons (Fsp3) is 0.174. The molecule has 0 aliphatic carbocycles. The standard InChI is InChI=1S/C23H22ClIN2O5S/c1-15-4-10-21(32-3)22(12-15)33(29,30)27(18-9-11-20(31-2)19(24)13-18)14-23(28)26-17-7-5-16(25)6-8-17/h4-13H,14H2,1-3H3,(H,26,28). The number of ether oxygens (including phenoxy) is 2. The van der Waals surface area contributed by atoms with Crippen molar-refractivity contribution < 1.29 is 22.7 Å². The number of sulfonamides is 1. The normalized spacial score (nSPS) is 11.1. The minimum Gasteiger partial charge on any atom is -0.495 e. The van der Waals surface area contributed by atoms with Crippen LogP contribution in [0.1, 0.15) is 5.56 Å². The number of benzene rings is 3. The van der Waals surface area contributed by atoms with Crippen molar-refractivity contribution in [2.24, 2.45) is 0 Å². The molecule has 0 heterocycles. The van der Waals surface area contributed by atoms with Gasteiger partial charge in [-0.15, -0.1) is 0 Å². The Morgan fingerprint density at radius 3 is 2.24 bits per heavy atom. The maximum Gasteiger partial charge on any atom is 0.268 e. The summed E-state index contributed by atoms with van der Waals surface area (Å²) in [7, 11) is -1.35. The number of hydrogen-bond acceptors (Lipinski definition) is 5. The SMILES string of the molecule is COc1ccc(N(CC(=O)Nc2ccc(I)cc2)S(=O)(=O)c2cc(C)ccc2OC)cc1Cl. The zero-order valence-corrected chi connectivity index (χ0v) is 21.9. The summed E-state index contributed by atoms with van der Waals surface area (Å²) in [6, 6.07) is 16.5. The van der Waals surface area contributed by atoms with E-state index in [2.05, 4.69) is 27.9 Å². The lowest BCUT2D eigenvalue weighted by Gasteiger charge is -2.25. The van der Waals surface area contributed by atoms with Crippen molar-refractivity contribution in [3.8, 4) is 11.5 Å². The van der Waals surface area contributed by atoms with Crippen LogP contribution in [-0.4, -0.2) is 35.1 Å². The van der Waals surface area contributed by atoms with Crippen molar-refractivity contribution in [2.45, 2.75) is 11.8 Å². The second-order valence-electron chi connectivity index (χ2n) is 7.04. The van der Waals surface area contributed by atoms with E-state index in [1.54, 1.807) is 37.3 Å². The Kier molecular flexibility index (Phi) is 8.09. The second kappa shape index (κ2) is 10.6. The maximum absolute atomic E-state index is 13.8. The highest BCUT2D eigenvalue weighted by Gasteiger charge is 2.30. The number of rotatable bonds is 8. The van der Waals surface area contributed by atoms with Crippen LogP contribution in [0, 0.1) is 10.5 Å². The number of carbonyl (C=O) groups is 1. The molecule has 0 atom stereocenters. The summed E-state index contributed by atoms with van der Waals surface area (Å²) in [5.74, 6) is 0.0378. The fourth-order valence-corrected chi connectivity index (χ4v) is 5.36. The summed E-state index contributed by atoms with van der Waals surface area (Å²) < 4.78 is 40.0. The zero-order chi connectivity index (χ0) is 24.2. The molecule has 0 bridgehead atoms. The molecule has 3 rings (SSSR count). The number of anilines is 2. The van der Waals surface area contributed by atoms with Crippen LogP contribution < -0.4 is 19.1 Å². The number of nitrogens with one attached hydrogen (secondary N) is 1. The highest BCUT2D eigenvalue weighted by molar-refractivity contribution is 14.1. The Hall–Kier alpha value is -2.50. The number of methoxy groups -OCH3 is 2. The molecule has 3 aromatic rings. The molecule has 0 aliphatic rings. The van der Waals surface area contributed by atoms with Crippen molar-refractivity contribution in [3.05, 3.63) is 74.8 Å². The summed E-state index contributed by atoms with van der Waals surface area (Å²) in [4.78, 5) is 12.8. The molecule has 0 unspecified atom stereocenters. The smallest absolute Gasteiger partial charge is 0.268 e. The molecule has 0 saturated heterocycles. The molecule has 0 fully saturated rings. The first-order chi connectivity index (χ1) is 15.6. The molecular formula is C23H22ClIN2O5S. The van der Waals surface area contributed by atoms with E-state index >= 15 is 0 Å². The number of amides is 1. The minimum atomic E-state index is -4.20. The topological polar surface area (TPSA) is 84.9 Å². The Bertz CT molecular complexity index is 1270. The van der Waals surface area contributed by atoms with Gasteiger partial charge in [0.1, 0.15) is 22.9 Å². The molecule has 1 N–H and O–H groups in total. The third kappa shape index (κ3) is 5.90. The molecular weight excluding hydrogens is 579 g/mol. The van der Waals surface area contributed by atoms with Crippen molar-refractivity contribution in [1.29, 1.82) is 0 Å². The van der Waals surface area contributed by atoms with Gasteiger partial charge in [-0.1, -0.05) is 17.7 Å². The van der Waals surface area contributed by atoms with E-state index in [1.165, 1.54) is 32.4 Å². The molecule has 10 heteroatoms. The molecule has 0 aliphatic heterocycles. The van der Waals surface area contributed by atoms with Gasteiger partial charge in [0.25, 0.3) is 10.0 Å². The van der Waals surface area contributed by atoms with Crippen LogP contribution in [0.2, 0.25) is 5.02 Å². The monoisotopic (exact) mass is 600 g/mol. The predicted molar refractivity (Wildman–Crippen MR) is 138 cm³/mol. The van der Waals surface area contributed by atoms with Crippen LogP contribution in [0.5, 0.6) is 11.5 Å². The van der Waals surface area contributed by atoms with Crippen LogP contribution in [0.3, 0.4) is 0 Å². The average molecular weight is 601 g/mol. The summed E-state index contributed by atoms with van der Waals surface area (Å²) in [5, 5.41) is 2.95. The zero-order valence-electron chi connectivity index (χ0n) is 18.1. The van der Waals surface area contributed by atoms with Gasteiger partial charge in [0.05, 0.1) is 24.9 Å². The molecule has 3 aromatic carbocycles. The highest BCUT2D eigenvalue weighted by atomic mass is 127. The Balaban J connectivity index is 2.05. The van der Waals surface area contributed by atoms with Gasteiger partial charge in [-0.05, 0) is 89.7 Å². The van der Waals surface area contributed by atoms with Crippen molar-refractivity contribution in [1.82, 2.24) is 0 Å². The fourth-order valence-electron chi connectivity index (χ4n) is 3.09. The number of aryl methyl sites for hydroxylation is 1. The van der Waals surface area contributed by atoms with E-state index in [-0.39, 0.29) is 21.4 Å². The number of nitrogens with zero attached hydrogens (tertiary/aromatic N) is 1. The molecule has 1 amide bonds. The van der Waals surface area contributed by atoms with Gasteiger partial charge >= 0.3 is 0 Å². The molecule has 0 spiro atoms. The van der Waals surface area contributed by atoms with Crippen LogP contribution >= 0.6 is 34.2 Å². The lowest BCUT2D eigenvalue weighted by Crippen LogP contribution is -2.38. The number of halogens is 2. The van der Waals surface area contributed by atoms with E-state index in [4.69, 9.17) is 21.1 Å². The Labute approximate surface area is 211 Å². The minimum absolute atomic E-state index is 0.0565. The molecule has 174 valence electrons. The largest absolute Gasteiger partial charge is 0.495 e. The van der Waals surface area contributed by atoms with E-state index in [0.29, 0.717) is 11.4 Å². The summed E-state index contributed by atoms with van der Waals surface area (Å²) in [6.07, 6.45) is 0. The van der Waals surface area contributed by atoms with Gasteiger partial charge in [-0.25, -0.2) is 8.42 Å². The molecule has 0 aromatic heterocycles. The van der Waals surface area contributed by atoms with Crippen molar-refractivity contribution >= 4 is 61.5 Å². The van der Waals surface area contributed by atoms with E-state index < -0.39 is 22.5 Å².